The SMILES string of the molecule is CC(C)(C)OC(=O)N1C[C@H](Nc2ccc(OCc3ccccc3)cc2)[C@@H](OC(=O)c2cc(OCc3ccccc3)c(C(=O)c3c(OCc4ccccc4)cccc3C(=O)OCc3ccccc3)c(OCc3ccccc3)c2)C1. The van der Waals surface area contributed by atoms with Crippen LogP contribution in [0.3, 0.4) is 0 Å². The van der Waals surface area contributed by atoms with Crippen molar-refractivity contribution in [3.05, 3.63) is 256 Å². The van der Waals surface area contributed by atoms with Crippen LogP contribution in [0.15, 0.2) is 206 Å². The van der Waals surface area contributed by atoms with Crippen molar-refractivity contribution in [3.8, 4) is 23.0 Å². The van der Waals surface area contributed by atoms with Crippen LogP contribution < -0.4 is 24.3 Å². The smallest absolute Gasteiger partial charge is 0.410 e. The molecule has 1 fully saturated rings. The molecule has 8 aromatic rings. The first-order valence-corrected chi connectivity index (χ1v) is 25.7. The summed E-state index contributed by atoms with van der Waals surface area (Å²) in [5.74, 6) is -1.54. The van der Waals surface area contributed by atoms with Gasteiger partial charge in [-0.25, -0.2) is 14.4 Å². The third kappa shape index (κ3) is 14.5. The lowest BCUT2D eigenvalue weighted by molar-refractivity contribution is 0.0187. The first kappa shape index (κ1) is 53.5. The number of hydrogen-bond donors (Lipinski definition) is 1. The minimum Gasteiger partial charge on any atom is -0.489 e. The molecule has 8 aromatic carbocycles. The number of amides is 1. The molecular weight excluding hydrogens is 985 g/mol. The highest BCUT2D eigenvalue weighted by Gasteiger charge is 2.40. The highest BCUT2D eigenvalue weighted by Crippen LogP contribution is 2.39. The van der Waals surface area contributed by atoms with Crippen molar-refractivity contribution < 1.29 is 52.3 Å². The van der Waals surface area contributed by atoms with Gasteiger partial charge in [-0.1, -0.05) is 158 Å². The second-order valence-corrected chi connectivity index (χ2v) is 19.6. The molecule has 1 amide bonds. The Balaban J connectivity index is 1.08. The van der Waals surface area contributed by atoms with Crippen LogP contribution in [0.1, 0.15) is 85.2 Å². The molecule has 396 valence electrons. The molecule has 13 nitrogen and oxygen atoms in total. The third-order valence-corrected chi connectivity index (χ3v) is 12.6. The first-order chi connectivity index (χ1) is 37.9. The van der Waals surface area contributed by atoms with E-state index in [9.17, 15) is 14.4 Å². The van der Waals surface area contributed by atoms with Crippen LogP contribution in [0, 0.1) is 0 Å². The number of benzene rings is 8. The Kier molecular flexibility index (Phi) is 17.4. The lowest BCUT2D eigenvalue weighted by Gasteiger charge is -2.24. The van der Waals surface area contributed by atoms with E-state index in [1.807, 2.05) is 176 Å². The fraction of sp³-hybridized carbons (Fsp3) is 0.200. The molecular formula is C65H60N2O11. The molecule has 13 heteroatoms. The van der Waals surface area contributed by atoms with Crippen LogP contribution in [0.2, 0.25) is 0 Å². The van der Waals surface area contributed by atoms with E-state index < -0.39 is 41.6 Å². The zero-order valence-corrected chi connectivity index (χ0v) is 43.7. The maximum absolute atomic E-state index is 15.8. The third-order valence-electron chi connectivity index (χ3n) is 12.6. The molecule has 1 aliphatic rings. The van der Waals surface area contributed by atoms with Crippen molar-refractivity contribution in [2.75, 3.05) is 18.4 Å². The number of anilines is 1. The molecule has 0 aromatic heterocycles. The first-order valence-electron chi connectivity index (χ1n) is 25.7. The Morgan fingerprint density at radius 3 is 1.44 bits per heavy atom. The molecule has 1 saturated heterocycles. The molecule has 2 atom stereocenters. The van der Waals surface area contributed by atoms with Crippen LogP contribution in [0.25, 0.3) is 0 Å². The predicted octanol–water partition coefficient (Wildman–Crippen LogP) is 12.8. The Labute approximate surface area is 454 Å². The normalized spacial score (nSPS) is 13.9. The van der Waals surface area contributed by atoms with E-state index in [-0.39, 0.29) is 79.0 Å². The zero-order valence-electron chi connectivity index (χ0n) is 43.7. The van der Waals surface area contributed by atoms with Crippen molar-refractivity contribution in [2.45, 2.75) is 71.6 Å². The van der Waals surface area contributed by atoms with Gasteiger partial charge in [-0.15, -0.1) is 0 Å². The number of hydrogen-bond acceptors (Lipinski definition) is 12. The second-order valence-electron chi connectivity index (χ2n) is 19.6. The fourth-order valence-electron chi connectivity index (χ4n) is 8.66. The number of rotatable bonds is 21. The summed E-state index contributed by atoms with van der Waals surface area (Å²) in [6.07, 6.45) is -1.45. The average Bonchev–Trinajstić information content (AvgIpc) is 3.93. The minimum absolute atomic E-state index is 0.00476. The Morgan fingerprint density at radius 1 is 0.487 bits per heavy atom. The molecule has 0 saturated carbocycles. The topological polar surface area (TPSA) is 148 Å². The van der Waals surface area contributed by atoms with Gasteiger partial charge in [-0.3, -0.25) is 4.79 Å². The summed E-state index contributed by atoms with van der Waals surface area (Å²) in [6.45, 7) is 5.87. The van der Waals surface area contributed by atoms with E-state index in [0.717, 1.165) is 27.8 Å². The molecule has 9 rings (SSSR count). The molecule has 0 bridgehead atoms. The lowest BCUT2D eigenvalue weighted by Crippen LogP contribution is -2.36. The van der Waals surface area contributed by atoms with Crippen molar-refractivity contribution >= 4 is 29.5 Å². The van der Waals surface area contributed by atoms with Gasteiger partial charge in [-0.05, 0) is 97.1 Å². The summed E-state index contributed by atoms with van der Waals surface area (Å²) >= 11 is 0. The minimum atomic E-state index is -0.888. The largest absolute Gasteiger partial charge is 0.489 e. The van der Waals surface area contributed by atoms with Gasteiger partial charge >= 0.3 is 18.0 Å². The van der Waals surface area contributed by atoms with E-state index >= 15 is 4.79 Å². The van der Waals surface area contributed by atoms with Crippen LogP contribution in [-0.4, -0.2) is 59.6 Å². The molecule has 1 heterocycles. The number of nitrogens with zero attached hydrogens (tertiary/aromatic N) is 1. The second kappa shape index (κ2) is 25.5. The van der Waals surface area contributed by atoms with Crippen LogP contribution in [0.5, 0.6) is 23.0 Å². The van der Waals surface area contributed by atoms with E-state index in [1.165, 1.54) is 23.1 Å². The fourth-order valence-corrected chi connectivity index (χ4v) is 8.66. The number of ether oxygens (including phenoxy) is 7. The molecule has 1 aliphatic heterocycles. The Hall–Kier alpha value is -9.36. The van der Waals surface area contributed by atoms with Gasteiger partial charge < -0.3 is 43.4 Å². The molecule has 1 N–H and O–H groups in total. The maximum atomic E-state index is 15.8. The molecule has 78 heavy (non-hydrogen) atoms. The maximum Gasteiger partial charge on any atom is 0.410 e. The van der Waals surface area contributed by atoms with Crippen molar-refractivity contribution in [1.29, 1.82) is 0 Å². The van der Waals surface area contributed by atoms with E-state index in [4.69, 9.17) is 33.2 Å². The summed E-state index contributed by atoms with van der Waals surface area (Å²) in [7, 11) is 0. The predicted molar refractivity (Wildman–Crippen MR) is 296 cm³/mol. The monoisotopic (exact) mass is 1040 g/mol. The van der Waals surface area contributed by atoms with Gasteiger partial charge in [0.05, 0.1) is 29.3 Å². The van der Waals surface area contributed by atoms with Crippen molar-refractivity contribution in [1.82, 2.24) is 4.90 Å². The standard InChI is InChI=1S/C65H60N2O11/c1-65(2,3)78-64(71)67-38-54(66-51-32-34-52(35-33-51)72-40-45-20-9-4-10-21-45)58(39-67)77-62(69)50-36-56(74-42-47-24-13-6-14-25-47)60(57(37-50)75-43-48-26-15-7-16-27-48)61(68)59-53(63(70)76-44-49-28-17-8-18-29-49)30-19-31-55(59)73-41-46-22-11-5-12-23-46/h4-37,54,58,66H,38-44H2,1-3H3/t54-,58-/m0/s1. The number of nitrogens with one attached hydrogen (secondary N) is 1. The lowest BCUT2D eigenvalue weighted by atomic mass is 9.94. The van der Waals surface area contributed by atoms with Crippen molar-refractivity contribution in [3.63, 3.8) is 0 Å². The number of esters is 2. The van der Waals surface area contributed by atoms with Crippen LogP contribution >= 0.6 is 0 Å². The number of carbonyl (C=O) groups excluding carboxylic acids is 4. The van der Waals surface area contributed by atoms with Crippen molar-refractivity contribution in [2.24, 2.45) is 0 Å². The summed E-state index contributed by atoms with van der Waals surface area (Å²) in [5, 5.41) is 3.47. The van der Waals surface area contributed by atoms with E-state index in [2.05, 4.69) is 5.32 Å². The molecule has 0 aliphatic carbocycles. The average molecular weight is 1050 g/mol. The summed E-state index contributed by atoms with van der Waals surface area (Å²) in [5.41, 5.74) is 3.81. The summed E-state index contributed by atoms with van der Waals surface area (Å²) in [6, 6.07) is 61.6. The molecule has 0 unspecified atom stereocenters. The van der Waals surface area contributed by atoms with Gasteiger partial charge in [0.25, 0.3) is 0 Å². The molecule has 0 radical (unpaired) electrons. The van der Waals surface area contributed by atoms with Crippen LogP contribution in [-0.2, 0) is 47.2 Å². The number of ketones is 1. The zero-order chi connectivity index (χ0) is 54.3. The van der Waals surface area contributed by atoms with E-state index in [0.29, 0.717) is 18.0 Å². The van der Waals surface area contributed by atoms with Crippen LogP contribution in [0.4, 0.5) is 10.5 Å². The quantitative estimate of drug-likeness (QED) is 0.0415. The summed E-state index contributed by atoms with van der Waals surface area (Å²) in [4.78, 5) is 60.1. The molecule has 0 spiro atoms. The van der Waals surface area contributed by atoms with Gasteiger partial charge in [0.2, 0.25) is 5.78 Å². The summed E-state index contributed by atoms with van der Waals surface area (Å²) < 4.78 is 43.6. The van der Waals surface area contributed by atoms with Gasteiger partial charge in [0.15, 0.2) is 0 Å². The number of likely N-dealkylation sites (tertiary alicyclic amines) is 1. The van der Waals surface area contributed by atoms with E-state index in [1.54, 1.807) is 32.9 Å². The highest BCUT2D eigenvalue weighted by atomic mass is 16.6. The van der Waals surface area contributed by atoms with Gasteiger partial charge in [0.1, 0.15) is 73.3 Å². The number of carbonyl (C=O) groups is 4. The Bertz CT molecular complexity index is 3220. The highest BCUT2D eigenvalue weighted by molar-refractivity contribution is 6.19. The van der Waals surface area contributed by atoms with Gasteiger partial charge in [0, 0.05) is 12.2 Å². The van der Waals surface area contributed by atoms with Gasteiger partial charge in [-0.2, -0.15) is 0 Å². The Morgan fingerprint density at radius 2 is 0.949 bits per heavy atom.